The molecular weight excluding hydrogens is 422 g/mol. The van der Waals surface area contributed by atoms with Gasteiger partial charge >= 0.3 is 0 Å². The maximum absolute atomic E-state index is 12.8. The van der Waals surface area contributed by atoms with Gasteiger partial charge in [0, 0.05) is 28.4 Å². The molecule has 5 nitrogen and oxygen atoms in total. The van der Waals surface area contributed by atoms with Crippen LogP contribution in [0.5, 0.6) is 5.75 Å². The summed E-state index contributed by atoms with van der Waals surface area (Å²) in [6.45, 7) is 4.76. The fourth-order valence-corrected chi connectivity index (χ4v) is 3.65. The summed E-state index contributed by atoms with van der Waals surface area (Å²) >= 11 is 5.91. The Morgan fingerprint density at radius 2 is 1.75 bits per heavy atom. The number of hydrogen-bond acceptors (Lipinski definition) is 3. The molecular formula is C26H24ClN3O2. The molecule has 162 valence electrons. The topological polar surface area (TPSA) is 56.2 Å². The lowest BCUT2D eigenvalue weighted by Crippen LogP contribution is -2.23. The molecule has 3 aromatic carbocycles. The number of rotatable bonds is 7. The Hall–Kier alpha value is -3.57. The Balaban J connectivity index is 1.41. The van der Waals surface area contributed by atoms with E-state index in [4.69, 9.17) is 16.3 Å². The minimum absolute atomic E-state index is 0.135. The molecule has 0 aliphatic heterocycles. The van der Waals surface area contributed by atoms with E-state index in [0.717, 1.165) is 34.0 Å². The Labute approximate surface area is 192 Å². The summed E-state index contributed by atoms with van der Waals surface area (Å²) in [4.78, 5) is 12.8. The Bertz CT molecular complexity index is 1220. The Morgan fingerprint density at radius 1 is 1.00 bits per heavy atom. The predicted molar refractivity (Wildman–Crippen MR) is 126 cm³/mol. The lowest BCUT2D eigenvalue weighted by Gasteiger charge is -2.09. The van der Waals surface area contributed by atoms with Crippen LogP contribution in [0.2, 0.25) is 5.02 Å². The van der Waals surface area contributed by atoms with Crippen LogP contribution in [0.15, 0.2) is 78.9 Å². The van der Waals surface area contributed by atoms with Gasteiger partial charge in [0.05, 0.1) is 11.4 Å². The van der Waals surface area contributed by atoms with Crippen LogP contribution in [0.4, 0.5) is 0 Å². The lowest BCUT2D eigenvalue weighted by atomic mass is 10.1. The summed E-state index contributed by atoms with van der Waals surface area (Å²) in [7, 11) is 0. The number of para-hydroxylation sites is 1. The molecule has 0 radical (unpaired) electrons. The number of amides is 1. The zero-order valence-corrected chi connectivity index (χ0v) is 18.8. The number of carbonyl (C=O) groups excluding carboxylic acids is 1. The molecule has 0 aliphatic carbocycles. The molecule has 32 heavy (non-hydrogen) atoms. The van der Waals surface area contributed by atoms with Gasteiger partial charge in [0.15, 0.2) is 0 Å². The van der Waals surface area contributed by atoms with Crippen molar-refractivity contribution in [1.29, 1.82) is 0 Å². The minimum atomic E-state index is -0.135. The molecule has 0 unspecified atom stereocenters. The lowest BCUT2D eigenvalue weighted by molar-refractivity contribution is 0.0950. The molecule has 1 amide bonds. The molecule has 1 heterocycles. The summed E-state index contributed by atoms with van der Waals surface area (Å²) in [5.41, 5.74) is 5.43. The molecule has 0 bridgehead atoms. The van der Waals surface area contributed by atoms with E-state index < -0.39 is 0 Å². The van der Waals surface area contributed by atoms with Crippen LogP contribution in [0.25, 0.3) is 5.69 Å². The quantitative estimate of drug-likeness (QED) is 0.400. The zero-order valence-electron chi connectivity index (χ0n) is 18.0. The van der Waals surface area contributed by atoms with Crippen LogP contribution in [-0.2, 0) is 13.2 Å². The molecule has 4 rings (SSSR count). The molecule has 0 saturated heterocycles. The summed E-state index contributed by atoms with van der Waals surface area (Å²) in [5, 5.41) is 8.33. The summed E-state index contributed by atoms with van der Waals surface area (Å²) in [6.07, 6.45) is 0. The highest BCUT2D eigenvalue weighted by molar-refractivity contribution is 6.30. The molecule has 0 atom stereocenters. The monoisotopic (exact) mass is 445 g/mol. The standard InChI is InChI=1S/C26H24ClN3O2/c1-18-25(19(2)30(29-18)23-9-4-3-5-10-23)16-28-26(31)21-8-6-7-20(15-21)17-32-24-13-11-22(27)12-14-24/h3-15H,16-17H2,1-2H3,(H,28,31). The van der Waals surface area contributed by atoms with Gasteiger partial charge in [-0.3, -0.25) is 4.79 Å². The van der Waals surface area contributed by atoms with Crippen LogP contribution >= 0.6 is 11.6 Å². The number of nitrogens with zero attached hydrogens (tertiary/aromatic N) is 2. The van der Waals surface area contributed by atoms with Crippen LogP contribution in [0.3, 0.4) is 0 Å². The van der Waals surface area contributed by atoms with Gasteiger partial charge in [-0.1, -0.05) is 41.9 Å². The van der Waals surface area contributed by atoms with Gasteiger partial charge in [0.2, 0.25) is 0 Å². The maximum Gasteiger partial charge on any atom is 0.251 e. The van der Waals surface area contributed by atoms with Crippen molar-refractivity contribution in [2.24, 2.45) is 0 Å². The number of halogens is 1. The van der Waals surface area contributed by atoms with Gasteiger partial charge in [-0.15, -0.1) is 0 Å². The molecule has 0 aliphatic rings. The fourth-order valence-electron chi connectivity index (χ4n) is 3.52. The predicted octanol–water partition coefficient (Wildman–Crippen LogP) is 5.65. The molecule has 1 N–H and O–H groups in total. The third kappa shape index (κ3) is 5.01. The second kappa shape index (κ2) is 9.71. The maximum atomic E-state index is 12.8. The average molecular weight is 446 g/mol. The number of benzene rings is 3. The van der Waals surface area contributed by atoms with Gasteiger partial charge in [-0.05, 0) is 67.9 Å². The van der Waals surface area contributed by atoms with E-state index in [-0.39, 0.29) is 5.91 Å². The van der Waals surface area contributed by atoms with Crippen LogP contribution in [-0.4, -0.2) is 15.7 Å². The number of nitrogens with one attached hydrogen (secondary N) is 1. The van der Waals surface area contributed by atoms with E-state index in [1.54, 1.807) is 18.2 Å². The third-order valence-electron chi connectivity index (χ3n) is 5.28. The first-order valence-corrected chi connectivity index (χ1v) is 10.7. The van der Waals surface area contributed by atoms with Crippen molar-refractivity contribution in [1.82, 2.24) is 15.1 Å². The van der Waals surface area contributed by atoms with Gasteiger partial charge in [0.25, 0.3) is 5.91 Å². The van der Waals surface area contributed by atoms with E-state index in [9.17, 15) is 4.79 Å². The first-order chi connectivity index (χ1) is 15.5. The highest BCUT2D eigenvalue weighted by Gasteiger charge is 2.14. The number of aromatic nitrogens is 2. The van der Waals surface area contributed by atoms with Crippen molar-refractivity contribution >= 4 is 17.5 Å². The Morgan fingerprint density at radius 3 is 2.50 bits per heavy atom. The zero-order chi connectivity index (χ0) is 22.5. The molecule has 0 spiro atoms. The SMILES string of the molecule is Cc1nn(-c2ccccc2)c(C)c1CNC(=O)c1cccc(COc2ccc(Cl)cc2)c1. The highest BCUT2D eigenvalue weighted by atomic mass is 35.5. The fraction of sp³-hybridized carbons (Fsp3) is 0.154. The molecule has 0 fully saturated rings. The van der Waals surface area contributed by atoms with E-state index in [1.165, 1.54) is 0 Å². The van der Waals surface area contributed by atoms with E-state index >= 15 is 0 Å². The smallest absolute Gasteiger partial charge is 0.251 e. The summed E-state index contributed by atoms with van der Waals surface area (Å²) in [5.74, 6) is 0.593. The van der Waals surface area contributed by atoms with Gasteiger partial charge in [-0.25, -0.2) is 4.68 Å². The molecule has 6 heteroatoms. The normalized spacial score (nSPS) is 10.7. The Kier molecular flexibility index (Phi) is 6.57. The van der Waals surface area contributed by atoms with Gasteiger partial charge in [0.1, 0.15) is 12.4 Å². The van der Waals surface area contributed by atoms with Gasteiger partial charge < -0.3 is 10.1 Å². The molecule has 0 saturated carbocycles. The largest absolute Gasteiger partial charge is 0.489 e. The van der Waals surface area contributed by atoms with Crippen LogP contribution in [0.1, 0.15) is 32.9 Å². The number of aryl methyl sites for hydroxylation is 1. The molecule has 1 aromatic heterocycles. The van der Waals surface area contributed by atoms with Gasteiger partial charge in [-0.2, -0.15) is 5.10 Å². The minimum Gasteiger partial charge on any atom is -0.489 e. The van der Waals surface area contributed by atoms with E-state index in [1.807, 2.05) is 79.2 Å². The van der Waals surface area contributed by atoms with Crippen molar-refractivity contribution in [2.45, 2.75) is 27.0 Å². The number of hydrogen-bond donors (Lipinski definition) is 1. The van der Waals surface area contributed by atoms with Crippen molar-refractivity contribution in [2.75, 3.05) is 0 Å². The van der Waals surface area contributed by atoms with Crippen molar-refractivity contribution in [3.05, 3.63) is 112 Å². The first kappa shape index (κ1) is 21.7. The highest BCUT2D eigenvalue weighted by Crippen LogP contribution is 2.19. The number of carbonyl (C=O) groups is 1. The second-order valence-electron chi connectivity index (χ2n) is 7.52. The van der Waals surface area contributed by atoms with Crippen LogP contribution < -0.4 is 10.1 Å². The van der Waals surface area contributed by atoms with E-state index in [2.05, 4.69) is 10.4 Å². The van der Waals surface area contributed by atoms with Crippen molar-refractivity contribution in [3.8, 4) is 11.4 Å². The number of ether oxygens (including phenoxy) is 1. The second-order valence-corrected chi connectivity index (χ2v) is 7.96. The summed E-state index contributed by atoms with van der Waals surface area (Å²) in [6, 6.07) is 24.6. The summed E-state index contributed by atoms with van der Waals surface area (Å²) < 4.78 is 7.69. The van der Waals surface area contributed by atoms with E-state index in [0.29, 0.717) is 23.7 Å². The van der Waals surface area contributed by atoms with Crippen molar-refractivity contribution < 1.29 is 9.53 Å². The molecule has 4 aromatic rings. The third-order valence-corrected chi connectivity index (χ3v) is 5.53. The van der Waals surface area contributed by atoms with Crippen molar-refractivity contribution in [3.63, 3.8) is 0 Å². The average Bonchev–Trinajstić information content (AvgIpc) is 3.11. The first-order valence-electron chi connectivity index (χ1n) is 10.4. The van der Waals surface area contributed by atoms with Crippen LogP contribution in [0, 0.1) is 13.8 Å².